The minimum Gasteiger partial charge on any atom is -0.495 e. The number of carbonyl (C=O) groups is 1. The van der Waals surface area contributed by atoms with E-state index < -0.39 is 5.97 Å². The number of pyridine rings is 1. The van der Waals surface area contributed by atoms with Gasteiger partial charge in [0.15, 0.2) is 0 Å². The second-order valence-corrected chi connectivity index (χ2v) is 3.09. The molecule has 1 unspecified atom stereocenters. The predicted octanol–water partition coefficient (Wildman–Crippen LogP) is 1.67. The lowest BCUT2D eigenvalue weighted by molar-refractivity contribution is -0.137. The summed E-state index contributed by atoms with van der Waals surface area (Å²) in [5.41, 5.74) is 0.692. The van der Waals surface area contributed by atoms with Gasteiger partial charge in [-0.05, 0) is 12.1 Å². The van der Waals surface area contributed by atoms with Gasteiger partial charge in [-0.2, -0.15) is 0 Å². The molecule has 0 amide bonds. The van der Waals surface area contributed by atoms with Gasteiger partial charge in [0.25, 0.3) is 0 Å². The van der Waals surface area contributed by atoms with Crippen molar-refractivity contribution in [3.05, 3.63) is 24.0 Å². The largest absolute Gasteiger partial charge is 0.495 e. The van der Waals surface area contributed by atoms with Gasteiger partial charge in [-0.1, -0.05) is 6.92 Å². The molecule has 0 aliphatic rings. The molecule has 1 rings (SSSR count). The molecule has 0 bridgehead atoms. The number of ether oxygens (including phenoxy) is 1. The van der Waals surface area contributed by atoms with Gasteiger partial charge >= 0.3 is 5.97 Å². The van der Waals surface area contributed by atoms with E-state index in [1.807, 2.05) is 6.92 Å². The molecular formula is C10H13NO3. The van der Waals surface area contributed by atoms with Crippen molar-refractivity contribution in [3.8, 4) is 5.75 Å². The molecular weight excluding hydrogens is 182 g/mol. The lowest BCUT2D eigenvalue weighted by Crippen LogP contribution is -2.06. The van der Waals surface area contributed by atoms with E-state index in [0.717, 1.165) is 0 Å². The van der Waals surface area contributed by atoms with Crippen LogP contribution in [-0.2, 0) is 4.79 Å². The summed E-state index contributed by atoms with van der Waals surface area (Å²) in [5, 5.41) is 8.64. The third-order valence-electron chi connectivity index (χ3n) is 1.97. The third-order valence-corrected chi connectivity index (χ3v) is 1.97. The predicted molar refractivity (Wildman–Crippen MR) is 51.5 cm³/mol. The number of hydrogen-bond donors (Lipinski definition) is 1. The molecule has 4 nitrogen and oxygen atoms in total. The van der Waals surface area contributed by atoms with Crippen LogP contribution in [0.4, 0.5) is 0 Å². The molecule has 1 heterocycles. The zero-order valence-corrected chi connectivity index (χ0v) is 8.23. The summed E-state index contributed by atoms with van der Waals surface area (Å²) >= 11 is 0. The Balaban J connectivity index is 2.87. The fourth-order valence-corrected chi connectivity index (χ4v) is 1.30. The number of carboxylic acids is 1. The van der Waals surface area contributed by atoms with E-state index in [1.165, 1.54) is 0 Å². The summed E-state index contributed by atoms with van der Waals surface area (Å²) < 4.78 is 5.09. The van der Waals surface area contributed by atoms with Gasteiger partial charge in [-0.25, -0.2) is 0 Å². The lowest BCUT2D eigenvalue weighted by atomic mass is 10.0. The van der Waals surface area contributed by atoms with Crippen molar-refractivity contribution in [1.82, 2.24) is 4.98 Å². The minimum atomic E-state index is -0.829. The SMILES string of the molecule is COc1cccnc1C(C)CC(=O)O. The molecule has 76 valence electrons. The highest BCUT2D eigenvalue weighted by Gasteiger charge is 2.15. The molecule has 0 aromatic carbocycles. The zero-order valence-electron chi connectivity index (χ0n) is 8.23. The Kier molecular flexibility index (Phi) is 3.45. The van der Waals surface area contributed by atoms with E-state index in [4.69, 9.17) is 9.84 Å². The van der Waals surface area contributed by atoms with E-state index in [2.05, 4.69) is 4.98 Å². The Hall–Kier alpha value is -1.58. The second-order valence-electron chi connectivity index (χ2n) is 3.09. The Morgan fingerprint density at radius 2 is 2.43 bits per heavy atom. The third kappa shape index (κ3) is 2.45. The van der Waals surface area contributed by atoms with Crippen LogP contribution in [0.25, 0.3) is 0 Å². The number of aromatic nitrogens is 1. The lowest BCUT2D eigenvalue weighted by Gasteiger charge is -2.11. The first-order chi connectivity index (χ1) is 6.65. The Morgan fingerprint density at radius 1 is 1.71 bits per heavy atom. The quantitative estimate of drug-likeness (QED) is 0.793. The fraction of sp³-hybridized carbons (Fsp3) is 0.400. The molecule has 0 saturated heterocycles. The molecule has 0 saturated carbocycles. The first kappa shape index (κ1) is 10.5. The first-order valence-electron chi connectivity index (χ1n) is 4.36. The van der Waals surface area contributed by atoms with E-state index in [9.17, 15) is 4.79 Å². The van der Waals surface area contributed by atoms with Crippen LogP contribution in [0.3, 0.4) is 0 Å². The number of nitrogens with zero attached hydrogens (tertiary/aromatic N) is 1. The van der Waals surface area contributed by atoms with Crippen LogP contribution in [0.2, 0.25) is 0 Å². The summed E-state index contributed by atoms with van der Waals surface area (Å²) in [6, 6.07) is 3.54. The molecule has 1 atom stereocenters. The van der Waals surface area contributed by atoms with Crippen molar-refractivity contribution in [1.29, 1.82) is 0 Å². The van der Waals surface area contributed by atoms with Gasteiger partial charge in [0.1, 0.15) is 5.75 Å². The minimum absolute atomic E-state index is 0.0629. The molecule has 4 heteroatoms. The van der Waals surface area contributed by atoms with E-state index >= 15 is 0 Å². The van der Waals surface area contributed by atoms with Gasteiger partial charge in [0.05, 0.1) is 19.2 Å². The standard InChI is InChI=1S/C10H13NO3/c1-7(6-9(12)13)10-8(14-2)4-3-5-11-10/h3-5,7H,6H2,1-2H3,(H,12,13). The summed E-state index contributed by atoms with van der Waals surface area (Å²) in [6.07, 6.45) is 1.70. The van der Waals surface area contributed by atoms with E-state index in [1.54, 1.807) is 25.4 Å². The highest BCUT2D eigenvalue weighted by Crippen LogP contribution is 2.25. The highest BCUT2D eigenvalue weighted by molar-refractivity contribution is 5.68. The average molecular weight is 195 g/mol. The molecule has 1 N–H and O–H groups in total. The number of carboxylic acid groups (broad SMARTS) is 1. The van der Waals surface area contributed by atoms with Crippen molar-refractivity contribution < 1.29 is 14.6 Å². The van der Waals surface area contributed by atoms with Gasteiger partial charge < -0.3 is 9.84 Å². The van der Waals surface area contributed by atoms with Crippen molar-refractivity contribution in [2.75, 3.05) is 7.11 Å². The molecule has 0 aliphatic heterocycles. The molecule has 1 aromatic rings. The van der Waals surface area contributed by atoms with Gasteiger partial charge in [-0.15, -0.1) is 0 Å². The van der Waals surface area contributed by atoms with Crippen molar-refractivity contribution in [2.45, 2.75) is 19.3 Å². The molecule has 1 aromatic heterocycles. The maximum atomic E-state index is 10.5. The van der Waals surface area contributed by atoms with Crippen molar-refractivity contribution in [2.24, 2.45) is 0 Å². The Bertz CT molecular complexity index is 325. The van der Waals surface area contributed by atoms with Crippen LogP contribution in [0.5, 0.6) is 5.75 Å². The van der Waals surface area contributed by atoms with Crippen LogP contribution in [0, 0.1) is 0 Å². The average Bonchev–Trinajstić information content (AvgIpc) is 2.16. The molecule has 0 aliphatic carbocycles. The normalized spacial score (nSPS) is 12.1. The van der Waals surface area contributed by atoms with Crippen LogP contribution < -0.4 is 4.74 Å². The number of rotatable bonds is 4. The second kappa shape index (κ2) is 4.60. The summed E-state index contributed by atoms with van der Waals surface area (Å²) in [6.45, 7) is 1.82. The molecule has 0 radical (unpaired) electrons. The zero-order chi connectivity index (χ0) is 10.6. The number of methoxy groups -OCH3 is 1. The van der Waals surface area contributed by atoms with Crippen molar-refractivity contribution in [3.63, 3.8) is 0 Å². The monoisotopic (exact) mass is 195 g/mol. The summed E-state index contributed by atoms with van der Waals surface area (Å²) in [7, 11) is 1.55. The smallest absolute Gasteiger partial charge is 0.304 e. The van der Waals surface area contributed by atoms with Gasteiger partial charge in [0, 0.05) is 12.1 Å². The van der Waals surface area contributed by atoms with Crippen molar-refractivity contribution >= 4 is 5.97 Å². The van der Waals surface area contributed by atoms with Crippen LogP contribution in [0.15, 0.2) is 18.3 Å². The summed E-state index contributed by atoms with van der Waals surface area (Å²) in [4.78, 5) is 14.6. The maximum absolute atomic E-state index is 10.5. The van der Waals surface area contributed by atoms with Crippen LogP contribution in [-0.4, -0.2) is 23.2 Å². The number of hydrogen-bond acceptors (Lipinski definition) is 3. The Labute approximate surface area is 82.5 Å². The van der Waals surface area contributed by atoms with Gasteiger partial charge in [0.2, 0.25) is 0 Å². The molecule has 14 heavy (non-hydrogen) atoms. The molecule has 0 fully saturated rings. The van der Waals surface area contributed by atoms with Crippen LogP contribution in [0.1, 0.15) is 25.0 Å². The highest BCUT2D eigenvalue weighted by atomic mass is 16.5. The maximum Gasteiger partial charge on any atom is 0.304 e. The topological polar surface area (TPSA) is 59.4 Å². The summed E-state index contributed by atoms with van der Waals surface area (Å²) in [5.74, 6) is -0.324. The number of aliphatic carboxylic acids is 1. The Morgan fingerprint density at radius 3 is 3.00 bits per heavy atom. The van der Waals surface area contributed by atoms with Crippen LogP contribution >= 0.6 is 0 Å². The molecule has 0 spiro atoms. The van der Waals surface area contributed by atoms with E-state index in [0.29, 0.717) is 11.4 Å². The van der Waals surface area contributed by atoms with Gasteiger partial charge in [-0.3, -0.25) is 9.78 Å². The first-order valence-corrected chi connectivity index (χ1v) is 4.36. The fourth-order valence-electron chi connectivity index (χ4n) is 1.30. The van der Waals surface area contributed by atoms with E-state index in [-0.39, 0.29) is 12.3 Å².